The van der Waals surface area contributed by atoms with Gasteiger partial charge in [-0.15, -0.1) is 0 Å². The maximum Gasteiger partial charge on any atom is 0.124 e. The molecule has 0 bridgehead atoms. The summed E-state index contributed by atoms with van der Waals surface area (Å²) in [6, 6.07) is 24.1. The molecule has 3 N–H and O–H groups in total. The van der Waals surface area contributed by atoms with Crippen molar-refractivity contribution >= 4 is 40.1 Å². The van der Waals surface area contributed by atoms with Gasteiger partial charge in [-0.2, -0.15) is 0 Å². The maximum absolute atomic E-state index is 5.98. The monoisotopic (exact) mass is 371 g/mol. The Kier molecular flexibility index (Phi) is 4.77. The molecule has 4 rings (SSSR count). The van der Waals surface area contributed by atoms with Gasteiger partial charge >= 0.3 is 0 Å². The number of aromatic amines is 1. The molecule has 132 valence electrons. The molecule has 0 aliphatic rings. The van der Waals surface area contributed by atoms with Crippen molar-refractivity contribution in [1.29, 1.82) is 0 Å². The first-order valence-corrected chi connectivity index (χ1v) is 9.00. The standard InChI is InChI=1S/C23H18ClN3/c24-20-7-9-21(10-8-20)27-23(25)12-3-16-1-4-17(5-2-16)18-6-11-22-19(15-18)13-14-26-22/h1-15,26H,(H2,25,27)/b12-3-. The average molecular weight is 372 g/mol. The summed E-state index contributed by atoms with van der Waals surface area (Å²) < 4.78 is 0. The average Bonchev–Trinajstić information content (AvgIpc) is 3.16. The van der Waals surface area contributed by atoms with Gasteiger partial charge in [-0.25, -0.2) is 4.99 Å². The van der Waals surface area contributed by atoms with Crippen LogP contribution in [0.2, 0.25) is 5.02 Å². The van der Waals surface area contributed by atoms with E-state index in [1.807, 2.05) is 24.4 Å². The van der Waals surface area contributed by atoms with Crippen molar-refractivity contribution in [3.8, 4) is 11.1 Å². The molecule has 0 atom stereocenters. The van der Waals surface area contributed by atoms with Crippen molar-refractivity contribution in [1.82, 2.24) is 4.98 Å². The van der Waals surface area contributed by atoms with Crippen molar-refractivity contribution in [3.05, 3.63) is 95.7 Å². The van der Waals surface area contributed by atoms with E-state index < -0.39 is 0 Å². The normalized spacial score (nSPS) is 12.1. The number of aromatic nitrogens is 1. The Morgan fingerprint density at radius 2 is 1.63 bits per heavy atom. The second-order valence-electron chi connectivity index (χ2n) is 6.25. The molecule has 0 fully saturated rings. The summed E-state index contributed by atoms with van der Waals surface area (Å²) in [4.78, 5) is 7.57. The predicted molar refractivity (Wildman–Crippen MR) is 116 cm³/mol. The predicted octanol–water partition coefficient (Wildman–Crippen LogP) is 6.19. The zero-order chi connectivity index (χ0) is 18.6. The van der Waals surface area contributed by atoms with E-state index in [4.69, 9.17) is 17.3 Å². The second kappa shape index (κ2) is 7.52. The van der Waals surface area contributed by atoms with E-state index in [0.29, 0.717) is 10.9 Å². The lowest BCUT2D eigenvalue weighted by atomic mass is 10.0. The van der Waals surface area contributed by atoms with Gasteiger partial charge in [0, 0.05) is 16.7 Å². The van der Waals surface area contributed by atoms with Crippen LogP contribution in [0.25, 0.3) is 28.1 Å². The number of nitrogens with one attached hydrogen (secondary N) is 1. The van der Waals surface area contributed by atoms with Crippen LogP contribution in [0.15, 0.2) is 90.1 Å². The number of aliphatic imine (C=N–C) groups is 1. The van der Waals surface area contributed by atoms with E-state index in [1.165, 1.54) is 16.5 Å². The molecule has 0 spiro atoms. The molecule has 0 aliphatic carbocycles. The van der Waals surface area contributed by atoms with E-state index in [1.54, 1.807) is 18.2 Å². The fraction of sp³-hybridized carbons (Fsp3) is 0. The van der Waals surface area contributed by atoms with Crippen LogP contribution in [0.5, 0.6) is 0 Å². The van der Waals surface area contributed by atoms with Gasteiger partial charge < -0.3 is 10.7 Å². The summed E-state index contributed by atoms with van der Waals surface area (Å²) >= 11 is 5.87. The smallest absolute Gasteiger partial charge is 0.124 e. The lowest BCUT2D eigenvalue weighted by Crippen LogP contribution is -2.06. The fourth-order valence-corrected chi connectivity index (χ4v) is 3.03. The van der Waals surface area contributed by atoms with Crippen molar-refractivity contribution in [2.45, 2.75) is 0 Å². The van der Waals surface area contributed by atoms with Gasteiger partial charge in [0.1, 0.15) is 5.84 Å². The van der Waals surface area contributed by atoms with E-state index in [0.717, 1.165) is 16.8 Å². The molecule has 0 unspecified atom stereocenters. The van der Waals surface area contributed by atoms with Crippen LogP contribution < -0.4 is 5.73 Å². The first kappa shape index (κ1) is 17.1. The third-order valence-corrected chi connectivity index (χ3v) is 4.58. The summed E-state index contributed by atoms with van der Waals surface area (Å²) in [6.45, 7) is 0. The lowest BCUT2D eigenvalue weighted by molar-refractivity contribution is 1.48. The summed E-state index contributed by atoms with van der Waals surface area (Å²) in [7, 11) is 0. The molecule has 0 saturated heterocycles. The molecule has 4 heteroatoms. The molecule has 3 nitrogen and oxygen atoms in total. The number of H-pyrrole nitrogens is 1. The van der Waals surface area contributed by atoms with E-state index >= 15 is 0 Å². The minimum atomic E-state index is 0.444. The molecule has 1 aromatic heterocycles. The summed E-state index contributed by atoms with van der Waals surface area (Å²) in [5, 5.41) is 1.89. The van der Waals surface area contributed by atoms with Crippen LogP contribution >= 0.6 is 11.6 Å². The van der Waals surface area contributed by atoms with Crippen LogP contribution in [0.4, 0.5) is 5.69 Å². The molecular weight excluding hydrogens is 354 g/mol. The zero-order valence-corrected chi connectivity index (χ0v) is 15.3. The Hall–Kier alpha value is -3.30. The molecule has 27 heavy (non-hydrogen) atoms. The third kappa shape index (κ3) is 4.10. The van der Waals surface area contributed by atoms with Crippen LogP contribution in [-0.2, 0) is 0 Å². The number of hydrogen-bond acceptors (Lipinski definition) is 1. The molecule has 0 radical (unpaired) electrons. The van der Waals surface area contributed by atoms with Crippen LogP contribution in [-0.4, -0.2) is 10.8 Å². The van der Waals surface area contributed by atoms with E-state index in [9.17, 15) is 0 Å². The van der Waals surface area contributed by atoms with E-state index in [-0.39, 0.29) is 0 Å². The van der Waals surface area contributed by atoms with Crippen molar-refractivity contribution in [2.24, 2.45) is 10.7 Å². The summed E-state index contributed by atoms with van der Waals surface area (Å²) in [6.07, 6.45) is 5.71. The minimum absolute atomic E-state index is 0.444. The molecule has 0 amide bonds. The molecule has 3 aromatic carbocycles. The first-order chi connectivity index (χ1) is 13.2. The number of nitrogens with zero attached hydrogens (tertiary/aromatic N) is 1. The van der Waals surface area contributed by atoms with Crippen molar-refractivity contribution in [2.75, 3.05) is 0 Å². The number of nitrogens with two attached hydrogens (primary N) is 1. The highest BCUT2D eigenvalue weighted by Gasteiger charge is 2.00. The zero-order valence-electron chi connectivity index (χ0n) is 14.6. The van der Waals surface area contributed by atoms with Gasteiger partial charge in [0.2, 0.25) is 0 Å². The maximum atomic E-state index is 5.98. The Morgan fingerprint density at radius 1 is 0.889 bits per heavy atom. The largest absolute Gasteiger partial charge is 0.384 e. The van der Waals surface area contributed by atoms with Crippen molar-refractivity contribution < 1.29 is 0 Å². The number of hydrogen-bond donors (Lipinski definition) is 2. The number of amidine groups is 1. The Morgan fingerprint density at radius 3 is 2.41 bits per heavy atom. The Balaban J connectivity index is 1.49. The highest BCUT2D eigenvalue weighted by molar-refractivity contribution is 6.30. The SMILES string of the molecule is NC(/C=C\c1ccc(-c2ccc3[nH]ccc3c2)cc1)=Nc1ccc(Cl)cc1. The summed E-state index contributed by atoms with van der Waals surface area (Å²) in [5.41, 5.74) is 11.3. The second-order valence-corrected chi connectivity index (χ2v) is 6.68. The van der Waals surface area contributed by atoms with Gasteiger partial charge in [-0.3, -0.25) is 0 Å². The number of fused-ring (bicyclic) bond motifs is 1. The topological polar surface area (TPSA) is 54.2 Å². The van der Waals surface area contributed by atoms with Gasteiger partial charge in [0.25, 0.3) is 0 Å². The summed E-state index contributed by atoms with van der Waals surface area (Å²) in [5.74, 6) is 0.444. The minimum Gasteiger partial charge on any atom is -0.384 e. The van der Waals surface area contributed by atoms with Gasteiger partial charge in [-0.05, 0) is 70.6 Å². The number of benzene rings is 3. The lowest BCUT2D eigenvalue weighted by Gasteiger charge is -2.03. The number of halogens is 1. The molecule has 0 saturated carbocycles. The van der Waals surface area contributed by atoms with Gasteiger partial charge in [0.05, 0.1) is 5.69 Å². The van der Waals surface area contributed by atoms with Crippen LogP contribution in [0.1, 0.15) is 5.56 Å². The fourth-order valence-electron chi connectivity index (χ4n) is 2.90. The van der Waals surface area contributed by atoms with Crippen molar-refractivity contribution in [3.63, 3.8) is 0 Å². The Bertz CT molecular complexity index is 1120. The Labute approximate surface area is 162 Å². The first-order valence-electron chi connectivity index (χ1n) is 8.63. The van der Waals surface area contributed by atoms with E-state index in [2.05, 4.69) is 58.5 Å². The quantitative estimate of drug-likeness (QED) is 0.326. The third-order valence-electron chi connectivity index (χ3n) is 4.33. The highest BCUT2D eigenvalue weighted by Crippen LogP contribution is 2.24. The number of rotatable bonds is 4. The van der Waals surface area contributed by atoms with Crippen LogP contribution in [0, 0.1) is 0 Å². The van der Waals surface area contributed by atoms with Gasteiger partial charge in [0.15, 0.2) is 0 Å². The molecular formula is C23H18ClN3. The molecule has 1 heterocycles. The molecule has 0 aliphatic heterocycles. The molecule has 4 aromatic rings. The van der Waals surface area contributed by atoms with Crippen LogP contribution in [0.3, 0.4) is 0 Å². The van der Waals surface area contributed by atoms with Gasteiger partial charge in [-0.1, -0.05) is 48.0 Å². The highest BCUT2D eigenvalue weighted by atomic mass is 35.5.